The third kappa shape index (κ3) is 7.98. The van der Waals surface area contributed by atoms with Crippen LogP contribution in [0.1, 0.15) is 127 Å². The van der Waals surface area contributed by atoms with Crippen molar-refractivity contribution >= 4 is 17.3 Å². The van der Waals surface area contributed by atoms with Crippen LogP contribution in [0, 0.1) is 46.3 Å². The highest BCUT2D eigenvalue weighted by molar-refractivity contribution is 6.19. The molecule has 0 aromatic heterocycles. The normalized spacial score (nSPS) is 22.3. The number of aliphatic hydroxyl groups is 1. The van der Waals surface area contributed by atoms with E-state index in [1.54, 1.807) is 0 Å². The van der Waals surface area contributed by atoms with Crippen molar-refractivity contribution in [1.29, 1.82) is 0 Å². The Kier molecular flexibility index (Phi) is 12.3. The molecule has 2 atom stereocenters. The number of aliphatic hydroxyl groups excluding tert-OH is 1. The second-order valence-electron chi connectivity index (χ2n) is 13.6. The predicted molar refractivity (Wildman–Crippen MR) is 145 cm³/mol. The van der Waals surface area contributed by atoms with E-state index in [9.17, 15) is 19.5 Å². The second kappa shape index (κ2) is 13.5. The number of rotatable bonds is 15. The predicted octanol–water partition coefficient (Wildman–Crippen LogP) is 7.45. The van der Waals surface area contributed by atoms with Crippen molar-refractivity contribution in [2.24, 2.45) is 46.3 Å². The molecule has 0 bridgehead atoms. The molecule has 35 heavy (non-hydrogen) atoms. The highest BCUT2D eigenvalue weighted by Gasteiger charge is 2.65. The maximum absolute atomic E-state index is 14.7. The fourth-order valence-corrected chi connectivity index (χ4v) is 5.74. The van der Waals surface area contributed by atoms with Crippen LogP contribution in [-0.2, 0) is 14.4 Å². The van der Waals surface area contributed by atoms with Gasteiger partial charge >= 0.3 is 0 Å². The summed E-state index contributed by atoms with van der Waals surface area (Å²) < 4.78 is 0. The SMILES string of the molecule is CC(C)CCC1(CCC(C)C)C(=O)C(C(=O)CC(C)C)C(O)C(CCC(C)C)(CCC(C)C)C1=O. The monoisotopic (exact) mass is 492 g/mol. The summed E-state index contributed by atoms with van der Waals surface area (Å²) >= 11 is 0. The lowest BCUT2D eigenvalue weighted by Crippen LogP contribution is -2.65. The van der Waals surface area contributed by atoms with Gasteiger partial charge < -0.3 is 5.11 Å². The average molecular weight is 493 g/mol. The van der Waals surface area contributed by atoms with Crippen molar-refractivity contribution in [3.63, 3.8) is 0 Å². The lowest BCUT2D eigenvalue weighted by Gasteiger charge is -2.52. The van der Waals surface area contributed by atoms with Crippen LogP contribution in [0.4, 0.5) is 0 Å². The molecule has 4 nitrogen and oxygen atoms in total. The van der Waals surface area contributed by atoms with Gasteiger partial charge in [0.15, 0.2) is 11.6 Å². The first-order valence-electron chi connectivity index (χ1n) is 14.4. The van der Waals surface area contributed by atoms with Crippen molar-refractivity contribution in [3.05, 3.63) is 0 Å². The van der Waals surface area contributed by atoms with E-state index in [1.165, 1.54) is 0 Å². The summed E-state index contributed by atoms with van der Waals surface area (Å²) in [4.78, 5) is 42.6. The first-order valence-corrected chi connectivity index (χ1v) is 14.4. The van der Waals surface area contributed by atoms with E-state index in [-0.39, 0.29) is 29.7 Å². The highest BCUT2D eigenvalue weighted by atomic mass is 16.3. The van der Waals surface area contributed by atoms with E-state index in [1.807, 2.05) is 13.8 Å². The molecule has 1 rings (SSSR count). The Morgan fingerprint density at radius 3 is 1.40 bits per heavy atom. The number of carbonyl (C=O) groups is 3. The zero-order valence-electron chi connectivity index (χ0n) is 24.6. The van der Waals surface area contributed by atoms with Crippen molar-refractivity contribution in [1.82, 2.24) is 0 Å². The Bertz CT molecular complexity index is 677. The maximum atomic E-state index is 14.7. The summed E-state index contributed by atoms with van der Waals surface area (Å²) in [6.45, 7) is 20.9. The number of carbonyl (C=O) groups excluding carboxylic acids is 3. The Balaban J connectivity index is 3.80. The van der Waals surface area contributed by atoms with Crippen LogP contribution in [0.25, 0.3) is 0 Å². The molecule has 0 aromatic rings. The largest absolute Gasteiger partial charge is 0.391 e. The summed E-state index contributed by atoms with van der Waals surface area (Å²) in [5.41, 5.74) is -2.20. The topological polar surface area (TPSA) is 71.4 Å². The van der Waals surface area contributed by atoms with Crippen LogP contribution in [0.2, 0.25) is 0 Å². The molecule has 1 aliphatic carbocycles. The molecule has 0 amide bonds. The summed E-state index contributed by atoms with van der Waals surface area (Å²) in [6, 6.07) is 0. The standard InChI is InChI=1S/C31H56O4/c1-20(2)11-15-30(16-12-21(3)4)27(33)26(25(32)19-24(9)10)28(34)31(29(30)35,17-13-22(5)6)18-14-23(7)8/h20-24,26-27,33H,11-19H2,1-10H3. The van der Waals surface area contributed by atoms with Gasteiger partial charge in [-0.25, -0.2) is 0 Å². The number of Topliss-reactive ketones (excluding diaryl/α,β-unsaturated/α-hetero) is 3. The van der Waals surface area contributed by atoms with Gasteiger partial charge in [0.25, 0.3) is 0 Å². The van der Waals surface area contributed by atoms with Gasteiger partial charge in [-0.05, 0) is 81.0 Å². The average Bonchev–Trinajstić information content (AvgIpc) is 2.72. The van der Waals surface area contributed by atoms with Gasteiger partial charge in [0.05, 0.1) is 16.9 Å². The van der Waals surface area contributed by atoms with E-state index in [0.29, 0.717) is 49.4 Å². The molecule has 1 aliphatic rings. The smallest absolute Gasteiger partial charge is 0.159 e. The Labute approximate surface area is 216 Å². The lowest BCUT2D eigenvalue weighted by molar-refractivity contribution is -0.176. The number of hydrogen-bond donors (Lipinski definition) is 1. The zero-order chi connectivity index (χ0) is 27.1. The number of hydrogen-bond acceptors (Lipinski definition) is 4. The Morgan fingerprint density at radius 2 is 1.06 bits per heavy atom. The fraction of sp³-hybridized carbons (Fsp3) is 0.903. The van der Waals surface area contributed by atoms with E-state index in [0.717, 1.165) is 25.7 Å². The van der Waals surface area contributed by atoms with Gasteiger partial charge in [0, 0.05) is 6.42 Å². The number of ketones is 3. The lowest BCUT2D eigenvalue weighted by atomic mass is 9.49. The molecular formula is C31H56O4. The first-order chi connectivity index (χ1) is 16.1. The fourth-order valence-electron chi connectivity index (χ4n) is 5.74. The van der Waals surface area contributed by atoms with E-state index >= 15 is 0 Å². The van der Waals surface area contributed by atoms with Gasteiger partial charge in [-0.2, -0.15) is 0 Å². The summed E-state index contributed by atoms with van der Waals surface area (Å²) in [5.74, 6) is -0.0707. The third-order valence-electron chi connectivity index (χ3n) is 8.11. The molecule has 0 aromatic carbocycles. The molecule has 1 N–H and O–H groups in total. The minimum atomic E-state index is -1.22. The minimum absolute atomic E-state index is 0.0568. The van der Waals surface area contributed by atoms with Crippen LogP contribution in [0.5, 0.6) is 0 Å². The zero-order valence-corrected chi connectivity index (χ0v) is 24.6. The molecule has 1 fully saturated rings. The summed E-state index contributed by atoms with van der Waals surface area (Å²) in [6.07, 6.45) is 4.21. The van der Waals surface area contributed by atoms with E-state index < -0.39 is 22.9 Å². The molecule has 0 spiro atoms. The molecule has 2 unspecified atom stereocenters. The molecule has 0 heterocycles. The molecule has 4 heteroatoms. The Hall–Kier alpha value is -1.03. The Morgan fingerprint density at radius 1 is 0.686 bits per heavy atom. The minimum Gasteiger partial charge on any atom is -0.391 e. The molecule has 0 radical (unpaired) electrons. The quantitative estimate of drug-likeness (QED) is 0.241. The molecule has 204 valence electrons. The van der Waals surface area contributed by atoms with Gasteiger partial charge in [-0.3, -0.25) is 14.4 Å². The molecular weight excluding hydrogens is 436 g/mol. The maximum Gasteiger partial charge on any atom is 0.159 e. The van der Waals surface area contributed by atoms with Crippen LogP contribution in [0.15, 0.2) is 0 Å². The van der Waals surface area contributed by atoms with Crippen molar-refractivity contribution < 1.29 is 19.5 Å². The first kappa shape index (κ1) is 32.0. The van der Waals surface area contributed by atoms with Gasteiger partial charge in [0.1, 0.15) is 11.7 Å². The van der Waals surface area contributed by atoms with Crippen molar-refractivity contribution in [2.75, 3.05) is 0 Å². The van der Waals surface area contributed by atoms with Crippen molar-refractivity contribution in [2.45, 2.75) is 133 Å². The molecule has 0 saturated heterocycles. The van der Waals surface area contributed by atoms with Crippen LogP contribution in [0.3, 0.4) is 0 Å². The second-order valence-corrected chi connectivity index (χ2v) is 13.6. The van der Waals surface area contributed by atoms with Gasteiger partial charge in [-0.15, -0.1) is 0 Å². The van der Waals surface area contributed by atoms with E-state index in [2.05, 4.69) is 55.4 Å². The van der Waals surface area contributed by atoms with Gasteiger partial charge in [-0.1, -0.05) is 69.2 Å². The highest BCUT2D eigenvalue weighted by Crippen LogP contribution is 2.54. The summed E-state index contributed by atoms with van der Waals surface area (Å²) in [5, 5.41) is 11.9. The van der Waals surface area contributed by atoms with Crippen LogP contribution < -0.4 is 0 Å². The van der Waals surface area contributed by atoms with Crippen LogP contribution >= 0.6 is 0 Å². The molecule has 1 saturated carbocycles. The molecule has 0 aliphatic heterocycles. The van der Waals surface area contributed by atoms with Crippen LogP contribution in [-0.4, -0.2) is 28.6 Å². The summed E-state index contributed by atoms with van der Waals surface area (Å²) in [7, 11) is 0. The van der Waals surface area contributed by atoms with Crippen molar-refractivity contribution in [3.8, 4) is 0 Å². The van der Waals surface area contributed by atoms with Gasteiger partial charge in [0.2, 0.25) is 0 Å². The third-order valence-corrected chi connectivity index (χ3v) is 8.11. The van der Waals surface area contributed by atoms with E-state index in [4.69, 9.17) is 0 Å².